The van der Waals surface area contributed by atoms with Gasteiger partial charge in [0, 0.05) is 25.2 Å². The molecule has 6 nitrogen and oxygen atoms in total. The second-order valence-electron chi connectivity index (χ2n) is 5.27. The smallest absolute Gasteiger partial charge is 0.343 e. The molecular formula is C17H16FN3O3. The van der Waals surface area contributed by atoms with E-state index in [4.69, 9.17) is 4.74 Å². The second kappa shape index (κ2) is 6.27. The molecule has 0 unspecified atom stereocenters. The number of hydrazone groups is 1. The van der Waals surface area contributed by atoms with Crippen molar-refractivity contribution in [1.29, 1.82) is 0 Å². The number of pyridine rings is 1. The van der Waals surface area contributed by atoms with Crippen LogP contribution in [-0.2, 0) is 11.2 Å². The van der Waals surface area contributed by atoms with Gasteiger partial charge in [0.1, 0.15) is 17.2 Å². The van der Waals surface area contributed by atoms with E-state index in [1.807, 2.05) is 0 Å². The molecule has 2 heterocycles. The first-order valence-electron chi connectivity index (χ1n) is 7.51. The van der Waals surface area contributed by atoms with Crippen LogP contribution in [0.15, 0.2) is 40.2 Å². The Hall–Kier alpha value is -2.96. The van der Waals surface area contributed by atoms with E-state index in [-0.39, 0.29) is 12.2 Å². The van der Waals surface area contributed by atoms with Crippen molar-refractivity contribution >= 4 is 18.0 Å². The predicted molar refractivity (Wildman–Crippen MR) is 88.6 cm³/mol. The fourth-order valence-electron chi connectivity index (χ4n) is 2.66. The number of carbonyl (C=O) groups excluding carboxylic acids is 1. The Bertz CT molecular complexity index is 872. The molecule has 0 saturated carbocycles. The van der Waals surface area contributed by atoms with Crippen LogP contribution in [0.3, 0.4) is 0 Å². The molecular weight excluding hydrogens is 313 g/mol. The summed E-state index contributed by atoms with van der Waals surface area (Å²) in [6.07, 6.45) is 2.17. The van der Waals surface area contributed by atoms with E-state index in [0.717, 1.165) is 5.56 Å². The second-order valence-corrected chi connectivity index (χ2v) is 5.27. The van der Waals surface area contributed by atoms with Crippen molar-refractivity contribution in [2.24, 2.45) is 5.10 Å². The SMILES string of the molecule is CCOC(=O)c1cc2c(n(-c3ccc(F)cc3)c1=O)N(C)N=CC2. The number of rotatable bonds is 3. The molecule has 1 aromatic carbocycles. The maximum absolute atomic E-state index is 13.2. The predicted octanol–water partition coefficient (Wildman–Crippen LogP) is 2.13. The van der Waals surface area contributed by atoms with Crippen LogP contribution in [0.1, 0.15) is 22.8 Å². The highest BCUT2D eigenvalue weighted by atomic mass is 19.1. The molecule has 7 heteroatoms. The normalized spacial score (nSPS) is 12.9. The summed E-state index contributed by atoms with van der Waals surface area (Å²) in [5.74, 6) is -0.540. The number of fused-ring (bicyclic) bond motifs is 1. The molecule has 1 aromatic heterocycles. The van der Waals surface area contributed by atoms with Crippen LogP contribution in [-0.4, -0.2) is 30.4 Å². The molecule has 0 saturated heterocycles. The van der Waals surface area contributed by atoms with Gasteiger partial charge in [-0.15, -0.1) is 0 Å². The number of nitrogens with zero attached hydrogens (tertiary/aromatic N) is 3. The standard InChI is InChI=1S/C17H16FN3O3/c1-3-24-17(23)14-10-11-8-9-19-20(2)15(11)21(16(14)22)13-6-4-12(18)5-7-13/h4-7,9-10H,3,8H2,1-2H3. The third-order valence-corrected chi connectivity index (χ3v) is 3.70. The van der Waals surface area contributed by atoms with Crippen LogP contribution in [0.2, 0.25) is 0 Å². The van der Waals surface area contributed by atoms with Gasteiger partial charge in [-0.1, -0.05) is 0 Å². The topological polar surface area (TPSA) is 63.9 Å². The number of aromatic nitrogens is 1. The van der Waals surface area contributed by atoms with Crippen molar-refractivity contribution in [3.8, 4) is 5.69 Å². The fraction of sp³-hybridized carbons (Fsp3) is 0.235. The molecule has 0 amide bonds. The van der Waals surface area contributed by atoms with Gasteiger partial charge in [-0.2, -0.15) is 5.10 Å². The van der Waals surface area contributed by atoms with Gasteiger partial charge in [-0.05, 0) is 37.3 Å². The Labute approximate surface area is 137 Å². The number of benzene rings is 1. The number of anilines is 1. The summed E-state index contributed by atoms with van der Waals surface area (Å²) >= 11 is 0. The Morgan fingerprint density at radius 3 is 2.71 bits per heavy atom. The van der Waals surface area contributed by atoms with Crippen molar-refractivity contribution < 1.29 is 13.9 Å². The van der Waals surface area contributed by atoms with Crippen molar-refractivity contribution in [2.45, 2.75) is 13.3 Å². The Morgan fingerprint density at radius 2 is 2.04 bits per heavy atom. The number of hydrogen-bond donors (Lipinski definition) is 0. The van der Waals surface area contributed by atoms with Crippen molar-refractivity contribution in [2.75, 3.05) is 18.7 Å². The Morgan fingerprint density at radius 1 is 1.33 bits per heavy atom. The third-order valence-electron chi connectivity index (χ3n) is 3.70. The summed E-state index contributed by atoms with van der Waals surface area (Å²) in [5.41, 5.74) is 0.638. The van der Waals surface area contributed by atoms with E-state index in [0.29, 0.717) is 17.9 Å². The van der Waals surface area contributed by atoms with Gasteiger partial charge in [-0.3, -0.25) is 14.4 Å². The fourth-order valence-corrected chi connectivity index (χ4v) is 2.66. The van der Waals surface area contributed by atoms with Gasteiger partial charge in [-0.25, -0.2) is 9.18 Å². The van der Waals surface area contributed by atoms with Crippen LogP contribution >= 0.6 is 0 Å². The summed E-state index contributed by atoms with van der Waals surface area (Å²) in [7, 11) is 1.71. The maximum atomic E-state index is 13.2. The van der Waals surface area contributed by atoms with Crippen LogP contribution in [0, 0.1) is 5.82 Å². The number of hydrogen-bond acceptors (Lipinski definition) is 5. The highest BCUT2D eigenvalue weighted by Gasteiger charge is 2.24. The number of esters is 1. The van der Waals surface area contributed by atoms with E-state index in [1.165, 1.54) is 34.9 Å². The monoisotopic (exact) mass is 329 g/mol. The minimum absolute atomic E-state index is 0.0522. The first-order chi connectivity index (χ1) is 11.5. The van der Waals surface area contributed by atoms with Crippen molar-refractivity contribution in [3.63, 3.8) is 0 Å². The molecule has 3 rings (SSSR count). The zero-order chi connectivity index (χ0) is 17.3. The van der Waals surface area contributed by atoms with Gasteiger partial charge >= 0.3 is 5.97 Å². The minimum atomic E-state index is -0.675. The first-order valence-corrected chi connectivity index (χ1v) is 7.51. The Balaban J connectivity index is 2.29. The maximum Gasteiger partial charge on any atom is 0.343 e. The molecule has 124 valence electrons. The molecule has 0 fully saturated rings. The lowest BCUT2D eigenvalue weighted by atomic mass is 10.1. The molecule has 1 aliphatic rings. The average Bonchev–Trinajstić information content (AvgIpc) is 2.56. The number of halogens is 1. The van der Waals surface area contributed by atoms with Crippen LogP contribution in [0.5, 0.6) is 0 Å². The van der Waals surface area contributed by atoms with E-state index < -0.39 is 17.3 Å². The van der Waals surface area contributed by atoms with E-state index in [9.17, 15) is 14.0 Å². The molecule has 1 aliphatic heterocycles. The molecule has 24 heavy (non-hydrogen) atoms. The van der Waals surface area contributed by atoms with Gasteiger partial charge in [0.15, 0.2) is 0 Å². The van der Waals surface area contributed by atoms with Crippen LogP contribution < -0.4 is 10.6 Å². The van der Waals surface area contributed by atoms with Crippen LogP contribution in [0.25, 0.3) is 5.69 Å². The summed E-state index contributed by atoms with van der Waals surface area (Å²) in [6.45, 7) is 1.85. The van der Waals surface area contributed by atoms with Crippen LogP contribution in [0.4, 0.5) is 10.2 Å². The minimum Gasteiger partial charge on any atom is -0.462 e. The van der Waals surface area contributed by atoms with Crippen molar-refractivity contribution in [1.82, 2.24) is 4.57 Å². The zero-order valence-corrected chi connectivity index (χ0v) is 13.3. The summed E-state index contributed by atoms with van der Waals surface area (Å²) in [6, 6.07) is 7.03. The number of ether oxygens (including phenoxy) is 1. The van der Waals surface area contributed by atoms with Gasteiger partial charge in [0.25, 0.3) is 5.56 Å². The molecule has 0 N–H and O–H groups in total. The van der Waals surface area contributed by atoms with E-state index in [2.05, 4.69) is 5.10 Å². The van der Waals surface area contributed by atoms with E-state index >= 15 is 0 Å². The molecule has 2 aromatic rings. The molecule has 0 aliphatic carbocycles. The summed E-state index contributed by atoms with van der Waals surface area (Å²) < 4.78 is 19.6. The molecule has 0 atom stereocenters. The largest absolute Gasteiger partial charge is 0.462 e. The first kappa shape index (κ1) is 15.9. The lowest BCUT2D eigenvalue weighted by molar-refractivity contribution is 0.0524. The summed E-state index contributed by atoms with van der Waals surface area (Å²) in [4.78, 5) is 25.0. The van der Waals surface area contributed by atoms with Crippen molar-refractivity contribution in [3.05, 3.63) is 57.6 Å². The average molecular weight is 329 g/mol. The third kappa shape index (κ3) is 2.68. The zero-order valence-electron chi connectivity index (χ0n) is 13.3. The lowest BCUT2D eigenvalue weighted by Crippen LogP contribution is -2.33. The van der Waals surface area contributed by atoms with Gasteiger partial charge in [0.2, 0.25) is 0 Å². The van der Waals surface area contributed by atoms with Gasteiger partial charge in [0.05, 0.1) is 12.3 Å². The lowest BCUT2D eigenvalue weighted by Gasteiger charge is -2.25. The van der Waals surface area contributed by atoms with Gasteiger partial charge < -0.3 is 4.74 Å². The molecule has 0 spiro atoms. The molecule has 0 bridgehead atoms. The highest BCUT2D eigenvalue weighted by Crippen LogP contribution is 2.26. The Kier molecular flexibility index (Phi) is 4.16. The van der Waals surface area contributed by atoms with E-state index in [1.54, 1.807) is 25.2 Å². The summed E-state index contributed by atoms with van der Waals surface area (Å²) in [5, 5.41) is 5.74. The number of carbonyl (C=O) groups is 1. The highest BCUT2D eigenvalue weighted by molar-refractivity contribution is 5.90. The molecule has 0 radical (unpaired) electrons. The quantitative estimate of drug-likeness (QED) is 0.809.